The van der Waals surface area contributed by atoms with Crippen LogP contribution in [0.1, 0.15) is 25.3 Å². The Hall–Kier alpha value is -2.42. The van der Waals surface area contributed by atoms with Crippen molar-refractivity contribution in [1.82, 2.24) is 4.31 Å². The summed E-state index contributed by atoms with van der Waals surface area (Å²) < 4.78 is 32.1. The molecule has 0 spiro atoms. The van der Waals surface area contributed by atoms with Gasteiger partial charge in [-0.05, 0) is 61.7 Å². The van der Waals surface area contributed by atoms with E-state index in [1.165, 1.54) is 28.6 Å². The third-order valence-electron chi connectivity index (χ3n) is 4.80. The smallest absolute Gasteiger partial charge is 0.310 e. The molecular weight excluding hydrogens is 428 g/mol. The maximum absolute atomic E-state index is 13.0. The van der Waals surface area contributed by atoms with Crippen LogP contribution in [0.4, 0.5) is 5.69 Å². The molecule has 160 valence electrons. The molecule has 1 aliphatic rings. The summed E-state index contributed by atoms with van der Waals surface area (Å²) in [6.07, 6.45) is 1.20. The van der Waals surface area contributed by atoms with Gasteiger partial charge in [-0.15, -0.1) is 0 Å². The van der Waals surface area contributed by atoms with E-state index >= 15 is 0 Å². The summed E-state index contributed by atoms with van der Waals surface area (Å²) in [6, 6.07) is 11.9. The lowest BCUT2D eigenvalue weighted by Gasteiger charge is -2.23. The van der Waals surface area contributed by atoms with Crippen molar-refractivity contribution >= 4 is 39.2 Å². The minimum Gasteiger partial charge on any atom is -0.466 e. The van der Waals surface area contributed by atoms with Crippen LogP contribution in [0.5, 0.6) is 0 Å². The van der Waals surface area contributed by atoms with Crippen LogP contribution in [0.3, 0.4) is 0 Å². The number of anilines is 1. The highest BCUT2D eigenvalue weighted by Gasteiger charge is 2.39. The molecule has 30 heavy (non-hydrogen) atoms. The average Bonchev–Trinajstić information content (AvgIpc) is 3.21. The van der Waals surface area contributed by atoms with Gasteiger partial charge >= 0.3 is 5.97 Å². The molecule has 1 N–H and O–H groups in total. The molecule has 0 radical (unpaired) electrons. The Morgan fingerprint density at radius 2 is 1.80 bits per heavy atom. The van der Waals surface area contributed by atoms with Gasteiger partial charge in [0.2, 0.25) is 15.9 Å². The van der Waals surface area contributed by atoms with Gasteiger partial charge in [-0.25, -0.2) is 8.42 Å². The number of carbonyl (C=O) groups excluding carboxylic acids is 2. The minimum atomic E-state index is -3.81. The number of rotatable bonds is 7. The molecule has 1 amide bonds. The molecule has 1 saturated heterocycles. The van der Waals surface area contributed by atoms with E-state index in [1.54, 1.807) is 31.2 Å². The van der Waals surface area contributed by atoms with Crippen molar-refractivity contribution < 1.29 is 22.7 Å². The van der Waals surface area contributed by atoms with E-state index in [1.807, 2.05) is 0 Å². The molecule has 0 unspecified atom stereocenters. The number of nitrogens with zero attached hydrogens (tertiary/aromatic N) is 1. The molecule has 1 aliphatic heterocycles. The fourth-order valence-electron chi connectivity index (χ4n) is 3.34. The van der Waals surface area contributed by atoms with Crippen molar-refractivity contribution in [2.24, 2.45) is 0 Å². The molecule has 2 aromatic rings. The van der Waals surface area contributed by atoms with Gasteiger partial charge in [0, 0.05) is 17.3 Å². The molecule has 7 nitrogen and oxygen atoms in total. The lowest BCUT2D eigenvalue weighted by Crippen LogP contribution is -2.43. The normalized spacial score (nSPS) is 16.9. The second kappa shape index (κ2) is 9.59. The molecule has 0 bridgehead atoms. The van der Waals surface area contributed by atoms with E-state index in [9.17, 15) is 18.0 Å². The molecule has 1 atom stereocenters. The Bertz CT molecular complexity index is 1010. The molecule has 0 aliphatic carbocycles. The number of hydrogen-bond donors (Lipinski definition) is 1. The van der Waals surface area contributed by atoms with Crippen LogP contribution in [0, 0.1) is 0 Å². The fraction of sp³-hybridized carbons (Fsp3) is 0.333. The van der Waals surface area contributed by atoms with Gasteiger partial charge in [0.05, 0.1) is 17.9 Å². The molecule has 2 aromatic carbocycles. The fourth-order valence-corrected chi connectivity index (χ4v) is 5.12. The van der Waals surface area contributed by atoms with Crippen LogP contribution in [0.2, 0.25) is 5.02 Å². The van der Waals surface area contributed by atoms with Gasteiger partial charge in [0.25, 0.3) is 0 Å². The number of halogens is 1. The zero-order valence-electron chi connectivity index (χ0n) is 16.5. The molecule has 9 heteroatoms. The number of hydrogen-bond acceptors (Lipinski definition) is 5. The molecule has 1 fully saturated rings. The number of nitrogens with one attached hydrogen (secondary N) is 1. The Labute approximate surface area is 181 Å². The van der Waals surface area contributed by atoms with E-state index in [0.717, 1.165) is 5.56 Å². The summed E-state index contributed by atoms with van der Waals surface area (Å²) in [5.41, 5.74) is 1.29. The van der Waals surface area contributed by atoms with Crippen LogP contribution >= 0.6 is 11.6 Å². The number of sulfonamides is 1. The summed E-state index contributed by atoms with van der Waals surface area (Å²) in [5.74, 6) is -0.702. The third-order valence-corrected chi connectivity index (χ3v) is 6.98. The van der Waals surface area contributed by atoms with Crippen molar-refractivity contribution in [3.8, 4) is 0 Å². The molecule has 1 heterocycles. The second-order valence-electron chi connectivity index (χ2n) is 6.90. The predicted octanol–water partition coefficient (Wildman–Crippen LogP) is 3.24. The first-order valence-corrected chi connectivity index (χ1v) is 11.5. The monoisotopic (exact) mass is 450 g/mol. The van der Waals surface area contributed by atoms with Gasteiger partial charge in [-0.3, -0.25) is 9.59 Å². The largest absolute Gasteiger partial charge is 0.466 e. The van der Waals surface area contributed by atoms with Crippen LogP contribution in [0.25, 0.3) is 0 Å². The summed E-state index contributed by atoms with van der Waals surface area (Å²) in [4.78, 5) is 24.5. The Morgan fingerprint density at radius 1 is 1.13 bits per heavy atom. The van der Waals surface area contributed by atoms with E-state index in [-0.39, 0.29) is 29.7 Å². The minimum absolute atomic E-state index is 0.106. The molecular formula is C21H23ClN2O5S. The van der Waals surface area contributed by atoms with Crippen molar-refractivity contribution in [2.45, 2.75) is 37.1 Å². The lowest BCUT2D eigenvalue weighted by molar-refractivity contribution is -0.142. The first kappa shape index (κ1) is 22.3. The number of esters is 1. The van der Waals surface area contributed by atoms with Gasteiger partial charge in [0.15, 0.2) is 0 Å². The maximum atomic E-state index is 13.0. The van der Waals surface area contributed by atoms with Crippen LogP contribution in [-0.2, 0) is 30.8 Å². The number of carbonyl (C=O) groups is 2. The van der Waals surface area contributed by atoms with Crippen molar-refractivity contribution in [2.75, 3.05) is 18.5 Å². The Balaban J connectivity index is 1.68. The van der Waals surface area contributed by atoms with Crippen molar-refractivity contribution in [1.29, 1.82) is 0 Å². The number of amides is 1. The highest BCUT2D eigenvalue weighted by atomic mass is 35.5. The average molecular weight is 451 g/mol. The predicted molar refractivity (Wildman–Crippen MR) is 114 cm³/mol. The van der Waals surface area contributed by atoms with Crippen LogP contribution in [-0.4, -0.2) is 43.8 Å². The maximum Gasteiger partial charge on any atom is 0.310 e. The van der Waals surface area contributed by atoms with Gasteiger partial charge < -0.3 is 10.1 Å². The lowest BCUT2D eigenvalue weighted by atomic mass is 10.1. The highest BCUT2D eigenvalue weighted by Crippen LogP contribution is 2.27. The molecule has 0 aromatic heterocycles. The van der Waals surface area contributed by atoms with Crippen LogP contribution in [0.15, 0.2) is 53.4 Å². The third kappa shape index (κ3) is 5.19. The van der Waals surface area contributed by atoms with E-state index in [2.05, 4.69) is 5.32 Å². The van der Waals surface area contributed by atoms with Gasteiger partial charge in [-0.1, -0.05) is 23.7 Å². The number of benzene rings is 2. The standard InChI is InChI=1S/C21H23ClN2O5S/c1-2-29-20(25)14-15-5-9-17(10-6-15)23-21(26)19-4-3-13-24(19)30(27,28)18-11-7-16(22)8-12-18/h5-12,19H,2-4,13-14H2,1H3,(H,23,26)/t19-/m1/s1. The Morgan fingerprint density at radius 3 is 2.43 bits per heavy atom. The van der Waals surface area contributed by atoms with E-state index in [0.29, 0.717) is 30.2 Å². The van der Waals surface area contributed by atoms with Gasteiger partial charge in [-0.2, -0.15) is 4.31 Å². The first-order valence-electron chi connectivity index (χ1n) is 9.64. The van der Waals surface area contributed by atoms with Crippen LogP contribution < -0.4 is 5.32 Å². The van der Waals surface area contributed by atoms with Crippen molar-refractivity contribution in [3.63, 3.8) is 0 Å². The first-order chi connectivity index (χ1) is 14.3. The zero-order valence-corrected chi connectivity index (χ0v) is 18.1. The summed E-state index contributed by atoms with van der Waals surface area (Å²) in [6.45, 7) is 2.35. The molecule has 0 saturated carbocycles. The van der Waals surface area contributed by atoms with Gasteiger partial charge in [0.1, 0.15) is 6.04 Å². The summed E-state index contributed by atoms with van der Waals surface area (Å²) >= 11 is 5.85. The molecule has 3 rings (SSSR count). The number of ether oxygens (including phenoxy) is 1. The summed E-state index contributed by atoms with van der Waals surface area (Å²) in [5, 5.41) is 3.21. The highest BCUT2D eigenvalue weighted by molar-refractivity contribution is 7.89. The zero-order chi connectivity index (χ0) is 21.7. The summed E-state index contributed by atoms with van der Waals surface area (Å²) in [7, 11) is -3.81. The Kier molecular flexibility index (Phi) is 7.12. The second-order valence-corrected chi connectivity index (χ2v) is 9.22. The van der Waals surface area contributed by atoms with E-state index < -0.39 is 16.1 Å². The topological polar surface area (TPSA) is 92.8 Å². The van der Waals surface area contributed by atoms with Crippen molar-refractivity contribution in [3.05, 3.63) is 59.1 Å². The van der Waals surface area contributed by atoms with E-state index in [4.69, 9.17) is 16.3 Å². The SMILES string of the molecule is CCOC(=O)Cc1ccc(NC(=O)[C@H]2CCCN2S(=O)(=O)c2ccc(Cl)cc2)cc1. The quantitative estimate of drug-likeness (QED) is 0.653.